The molecule has 0 spiro atoms. The molecule has 4 heteroatoms. The van der Waals surface area contributed by atoms with E-state index in [1.807, 2.05) is 11.8 Å². The van der Waals surface area contributed by atoms with Crippen molar-refractivity contribution in [3.05, 3.63) is 0 Å². The normalized spacial score (nSPS) is 22.4. The highest BCUT2D eigenvalue weighted by Crippen LogP contribution is 2.18. The Hall–Kier alpha value is -0.0600. The largest absolute Gasteiger partial charge is 0.353 e. The van der Waals surface area contributed by atoms with Gasteiger partial charge in [0.15, 0.2) is 6.29 Å². The van der Waals surface area contributed by atoms with Crippen LogP contribution in [0.15, 0.2) is 4.99 Å². The van der Waals surface area contributed by atoms with Crippen LogP contribution in [0.1, 0.15) is 38.5 Å². The first kappa shape index (κ1) is 12.4. The van der Waals surface area contributed by atoms with Gasteiger partial charge in [-0.3, -0.25) is 4.99 Å². The summed E-state index contributed by atoms with van der Waals surface area (Å²) in [6.45, 7) is 2.78. The molecular weight excluding hydrogens is 222 g/mol. The Kier molecular flexibility index (Phi) is 5.66. The molecule has 0 aliphatic carbocycles. The van der Waals surface area contributed by atoms with Crippen molar-refractivity contribution >= 4 is 16.8 Å². The molecule has 0 atom stereocenters. The Morgan fingerprint density at radius 1 is 1.19 bits per heavy atom. The minimum absolute atomic E-state index is 0.0759. The predicted molar refractivity (Wildman–Crippen MR) is 68.2 cm³/mol. The summed E-state index contributed by atoms with van der Waals surface area (Å²) in [4.78, 5) is 4.45. The zero-order valence-electron chi connectivity index (χ0n) is 9.82. The molecule has 0 aromatic heterocycles. The molecule has 0 saturated carbocycles. The summed E-state index contributed by atoms with van der Waals surface area (Å²) >= 11 is 1.93. The van der Waals surface area contributed by atoms with Crippen molar-refractivity contribution in [3.63, 3.8) is 0 Å². The fourth-order valence-corrected chi connectivity index (χ4v) is 2.89. The minimum atomic E-state index is 0.0759. The molecule has 0 aromatic rings. The Morgan fingerprint density at radius 2 is 2.06 bits per heavy atom. The lowest BCUT2D eigenvalue weighted by Crippen LogP contribution is -2.24. The third kappa shape index (κ3) is 4.44. The number of ether oxygens (including phenoxy) is 2. The van der Waals surface area contributed by atoms with E-state index in [2.05, 4.69) is 4.99 Å². The topological polar surface area (TPSA) is 30.8 Å². The third-order valence-corrected chi connectivity index (χ3v) is 3.93. The van der Waals surface area contributed by atoms with Crippen LogP contribution in [0.25, 0.3) is 0 Å². The van der Waals surface area contributed by atoms with Gasteiger partial charge in [0.2, 0.25) is 0 Å². The second-order valence-electron chi connectivity index (χ2n) is 4.25. The van der Waals surface area contributed by atoms with E-state index < -0.39 is 0 Å². The molecule has 0 aromatic carbocycles. The summed E-state index contributed by atoms with van der Waals surface area (Å²) in [5, 5.41) is 1.37. The van der Waals surface area contributed by atoms with Gasteiger partial charge in [-0.05, 0) is 32.1 Å². The van der Waals surface area contributed by atoms with Crippen LogP contribution in [0.5, 0.6) is 0 Å². The first-order valence-electron chi connectivity index (χ1n) is 6.34. The average molecular weight is 243 g/mol. The van der Waals surface area contributed by atoms with Crippen molar-refractivity contribution in [1.29, 1.82) is 0 Å². The number of rotatable bonds is 6. The van der Waals surface area contributed by atoms with Gasteiger partial charge in [-0.1, -0.05) is 6.42 Å². The second-order valence-corrected chi connectivity index (χ2v) is 5.42. The number of unbranched alkanes of at least 4 members (excludes halogenated alkanes) is 2. The first-order valence-corrected chi connectivity index (χ1v) is 7.33. The third-order valence-electron chi connectivity index (χ3n) is 2.87. The Balaban J connectivity index is 1.45. The highest BCUT2D eigenvalue weighted by atomic mass is 32.2. The fourth-order valence-electron chi connectivity index (χ4n) is 2.00. The predicted octanol–water partition coefficient (Wildman–Crippen LogP) is 2.85. The van der Waals surface area contributed by atoms with Gasteiger partial charge in [0.05, 0.1) is 18.3 Å². The van der Waals surface area contributed by atoms with Crippen molar-refractivity contribution in [2.45, 2.75) is 44.8 Å². The van der Waals surface area contributed by atoms with E-state index in [1.165, 1.54) is 36.5 Å². The summed E-state index contributed by atoms with van der Waals surface area (Å²) < 4.78 is 11.0. The van der Waals surface area contributed by atoms with E-state index in [9.17, 15) is 0 Å². The maximum absolute atomic E-state index is 5.51. The monoisotopic (exact) mass is 243 g/mol. The van der Waals surface area contributed by atoms with Crippen LogP contribution in [-0.2, 0) is 9.47 Å². The summed E-state index contributed by atoms with van der Waals surface area (Å²) in [7, 11) is 0. The Bertz CT molecular complexity index is 227. The van der Waals surface area contributed by atoms with Crippen molar-refractivity contribution in [1.82, 2.24) is 0 Å². The minimum Gasteiger partial charge on any atom is -0.353 e. The molecule has 3 nitrogen and oxygen atoms in total. The zero-order chi connectivity index (χ0) is 11.1. The quantitative estimate of drug-likeness (QED) is 0.672. The van der Waals surface area contributed by atoms with E-state index in [0.717, 1.165) is 32.6 Å². The second kappa shape index (κ2) is 7.30. The standard InChI is InChI=1S/C12H21NO2S/c1(2-5-11-13-7-10-16-11)3-6-12-14-8-4-9-15-12/h12H,1-10H2. The van der Waals surface area contributed by atoms with Crippen molar-refractivity contribution in [2.75, 3.05) is 25.5 Å². The van der Waals surface area contributed by atoms with Crippen LogP contribution >= 0.6 is 11.8 Å². The zero-order valence-corrected chi connectivity index (χ0v) is 10.6. The molecule has 2 aliphatic heterocycles. The maximum atomic E-state index is 5.51. The van der Waals surface area contributed by atoms with E-state index in [4.69, 9.17) is 9.47 Å². The van der Waals surface area contributed by atoms with Crippen LogP contribution < -0.4 is 0 Å². The fraction of sp³-hybridized carbons (Fsp3) is 0.917. The summed E-state index contributed by atoms with van der Waals surface area (Å²) in [5.41, 5.74) is 0. The molecule has 0 radical (unpaired) electrons. The van der Waals surface area contributed by atoms with Crippen LogP contribution in [0.4, 0.5) is 0 Å². The van der Waals surface area contributed by atoms with Gasteiger partial charge in [-0.15, -0.1) is 11.8 Å². The molecular formula is C12H21NO2S. The number of hydrogen-bond donors (Lipinski definition) is 0. The highest BCUT2D eigenvalue weighted by Gasteiger charge is 2.13. The molecule has 1 saturated heterocycles. The summed E-state index contributed by atoms with van der Waals surface area (Å²) in [5.74, 6) is 1.19. The molecule has 1 fully saturated rings. The molecule has 0 bridgehead atoms. The molecule has 0 amide bonds. The molecule has 0 unspecified atom stereocenters. The van der Waals surface area contributed by atoms with Gasteiger partial charge in [0.25, 0.3) is 0 Å². The summed E-state index contributed by atoms with van der Waals surface area (Å²) in [6.07, 6.45) is 7.10. The number of aliphatic imine (C=N–C) groups is 1. The molecule has 92 valence electrons. The van der Waals surface area contributed by atoms with E-state index in [1.54, 1.807) is 0 Å². The van der Waals surface area contributed by atoms with E-state index >= 15 is 0 Å². The van der Waals surface area contributed by atoms with Crippen LogP contribution in [0.3, 0.4) is 0 Å². The summed E-state index contributed by atoms with van der Waals surface area (Å²) in [6, 6.07) is 0. The molecule has 2 aliphatic rings. The molecule has 0 N–H and O–H groups in total. The lowest BCUT2D eigenvalue weighted by Gasteiger charge is -2.22. The van der Waals surface area contributed by atoms with Crippen LogP contribution in [0, 0.1) is 0 Å². The molecule has 2 rings (SSSR count). The van der Waals surface area contributed by atoms with Gasteiger partial charge < -0.3 is 9.47 Å². The number of hydrogen-bond acceptors (Lipinski definition) is 4. The maximum Gasteiger partial charge on any atom is 0.157 e. The van der Waals surface area contributed by atoms with Gasteiger partial charge >= 0.3 is 0 Å². The van der Waals surface area contributed by atoms with Crippen LogP contribution in [-0.4, -0.2) is 36.8 Å². The van der Waals surface area contributed by atoms with Gasteiger partial charge in [0.1, 0.15) is 0 Å². The Morgan fingerprint density at radius 3 is 2.81 bits per heavy atom. The lowest BCUT2D eigenvalue weighted by molar-refractivity contribution is -0.181. The molecule has 2 heterocycles. The van der Waals surface area contributed by atoms with Crippen molar-refractivity contribution in [3.8, 4) is 0 Å². The highest BCUT2D eigenvalue weighted by molar-refractivity contribution is 8.14. The van der Waals surface area contributed by atoms with E-state index in [0.29, 0.717) is 0 Å². The lowest BCUT2D eigenvalue weighted by atomic mass is 10.1. The number of nitrogens with zero attached hydrogens (tertiary/aromatic N) is 1. The SMILES string of the molecule is C(CCC1=NCCS1)CCC1OCCCO1. The first-order chi connectivity index (χ1) is 7.95. The molecule has 16 heavy (non-hydrogen) atoms. The average Bonchev–Trinajstić information content (AvgIpc) is 2.83. The van der Waals surface area contributed by atoms with Crippen LogP contribution in [0.2, 0.25) is 0 Å². The number of thioether (sulfide) groups is 1. The Labute approximate surface area is 102 Å². The van der Waals surface area contributed by atoms with Gasteiger partial charge in [0, 0.05) is 12.3 Å². The smallest absolute Gasteiger partial charge is 0.157 e. The van der Waals surface area contributed by atoms with Gasteiger partial charge in [-0.25, -0.2) is 0 Å². The van der Waals surface area contributed by atoms with Crippen molar-refractivity contribution in [2.24, 2.45) is 4.99 Å². The van der Waals surface area contributed by atoms with Gasteiger partial charge in [-0.2, -0.15) is 0 Å². The van der Waals surface area contributed by atoms with E-state index in [-0.39, 0.29) is 6.29 Å². The van der Waals surface area contributed by atoms with Crippen molar-refractivity contribution < 1.29 is 9.47 Å².